The van der Waals surface area contributed by atoms with Crippen molar-refractivity contribution in [2.45, 2.75) is 32.5 Å². The van der Waals surface area contributed by atoms with E-state index in [1.165, 1.54) is 20.7 Å². The van der Waals surface area contributed by atoms with Gasteiger partial charge in [0.25, 0.3) is 10.2 Å². The zero-order chi connectivity index (χ0) is 19.6. The second-order valence-corrected chi connectivity index (χ2v) is 9.10. The minimum atomic E-state index is -3.57. The second-order valence-electron chi connectivity index (χ2n) is 7.17. The lowest BCUT2D eigenvalue weighted by atomic mass is 10.1. The maximum absolute atomic E-state index is 13.3. The van der Waals surface area contributed by atoms with E-state index in [-0.39, 0.29) is 43.4 Å². The van der Waals surface area contributed by atoms with E-state index >= 15 is 0 Å². The summed E-state index contributed by atoms with van der Waals surface area (Å²) in [4.78, 5) is 14.1. The number of hydrogen-bond donors (Lipinski definition) is 0. The predicted octanol–water partition coefficient (Wildman–Crippen LogP) is 0.866. The Labute approximate surface area is 159 Å². The first kappa shape index (κ1) is 20.2. The lowest BCUT2D eigenvalue weighted by Crippen LogP contribution is -2.57. The molecule has 0 aromatic heterocycles. The minimum Gasteiger partial charge on any atom is -0.373 e. The third-order valence-electron chi connectivity index (χ3n) is 4.87. The van der Waals surface area contributed by atoms with Crippen LogP contribution in [0.3, 0.4) is 0 Å². The van der Waals surface area contributed by atoms with Gasteiger partial charge in [0.2, 0.25) is 5.91 Å². The molecular formula is C18H26FN3O4S. The Hall–Kier alpha value is -1.55. The van der Waals surface area contributed by atoms with E-state index in [1.54, 1.807) is 17.0 Å². The van der Waals surface area contributed by atoms with E-state index in [9.17, 15) is 17.6 Å². The van der Waals surface area contributed by atoms with Crippen LogP contribution in [0.1, 0.15) is 19.4 Å². The van der Waals surface area contributed by atoms with Gasteiger partial charge in [0.05, 0.1) is 18.6 Å². The number of piperazine rings is 1. The number of carbonyl (C=O) groups is 1. The summed E-state index contributed by atoms with van der Waals surface area (Å²) in [6, 6.07) is 5.97. The third kappa shape index (κ3) is 4.84. The molecule has 0 aliphatic carbocycles. The van der Waals surface area contributed by atoms with Crippen molar-refractivity contribution >= 4 is 16.1 Å². The maximum atomic E-state index is 13.3. The van der Waals surface area contributed by atoms with Gasteiger partial charge in [0.15, 0.2) is 0 Å². The van der Waals surface area contributed by atoms with Gasteiger partial charge in [-0.05, 0) is 31.5 Å². The van der Waals surface area contributed by atoms with Gasteiger partial charge in [-0.2, -0.15) is 17.0 Å². The molecule has 2 aliphatic heterocycles. The molecule has 0 radical (unpaired) electrons. The highest BCUT2D eigenvalue weighted by Crippen LogP contribution is 2.19. The summed E-state index contributed by atoms with van der Waals surface area (Å²) in [5.41, 5.74) is 0.617. The van der Waals surface area contributed by atoms with Crippen LogP contribution in [0.2, 0.25) is 0 Å². The SMILES string of the molecule is CC1CN(S(=O)(=O)N2CCN(C(=O)Cc3cccc(F)c3)CC2)CC(C)O1. The molecule has 7 nitrogen and oxygen atoms in total. The smallest absolute Gasteiger partial charge is 0.282 e. The molecule has 150 valence electrons. The van der Waals surface area contributed by atoms with E-state index < -0.39 is 10.2 Å². The largest absolute Gasteiger partial charge is 0.373 e. The zero-order valence-corrected chi connectivity index (χ0v) is 16.5. The molecule has 27 heavy (non-hydrogen) atoms. The molecule has 2 fully saturated rings. The van der Waals surface area contributed by atoms with Gasteiger partial charge < -0.3 is 9.64 Å². The highest BCUT2D eigenvalue weighted by molar-refractivity contribution is 7.86. The normalized spacial score (nSPS) is 25.5. The Kier molecular flexibility index (Phi) is 6.15. The van der Waals surface area contributed by atoms with Gasteiger partial charge in [-0.15, -0.1) is 0 Å². The summed E-state index contributed by atoms with van der Waals surface area (Å²) in [6.45, 7) is 5.60. The minimum absolute atomic E-state index is 0.114. The fourth-order valence-electron chi connectivity index (χ4n) is 3.58. The number of rotatable bonds is 4. The predicted molar refractivity (Wildman–Crippen MR) is 98.8 cm³/mol. The molecule has 9 heteroatoms. The maximum Gasteiger partial charge on any atom is 0.282 e. The van der Waals surface area contributed by atoms with Gasteiger partial charge in [0.1, 0.15) is 5.82 Å². The van der Waals surface area contributed by atoms with Crippen LogP contribution in [-0.2, 0) is 26.2 Å². The van der Waals surface area contributed by atoms with Crippen LogP contribution in [0.25, 0.3) is 0 Å². The lowest BCUT2D eigenvalue weighted by Gasteiger charge is -2.40. The van der Waals surface area contributed by atoms with Crippen molar-refractivity contribution in [2.75, 3.05) is 39.3 Å². The molecule has 1 amide bonds. The van der Waals surface area contributed by atoms with Gasteiger partial charge in [-0.3, -0.25) is 4.79 Å². The Morgan fingerprint density at radius 3 is 2.33 bits per heavy atom. The third-order valence-corrected chi connectivity index (χ3v) is 6.84. The summed E-state index contributed by atoms with van der Waals surface area (Å²) in [5, 5.41) is 0. The van der Waals surface area contributed by atoms with Crippen molar-refractivity contribution < 1.29 is 22.3 Å². The molecule has 2 unspecified atom stereocenters. The van der Waals surface area contributed by atoms with Crippen LogP contribution in [0.15, 0.2) is 24.3 Å². The Morgan fingerprint density at radius 2 is 1.74 bits per heavy atom. The number of amides is 1. The van der Waals surface area contributed by atoms with Crippen LogP contribution in [0.4, 0.5) is 4.39 Å². The van der Waals surface area contributed by atoms with Crippen molar-refractivity contribution in [3.05, 3.63) is 35.6 Å². The highest BCUT2D eigenvalue weighted by atomic mass is 32.2. The van der Waals surface area contributed by atoms with Crippen molar-refractivity contribution in [1.82, 2.24) is 13.5 Å². The zero-order valence-electron chi connectivity index (χ0n) is 15.7. The van der Waals surface area contributed by atoms with Crippen LogP contribution >= 0.6 is 0 Å². The number of ether oxygens (including phenoxy) is 1. The average Bonchev–Trinajstić information content (AvgIpc) is 2.61. The first-order valence-electron chi connectivity index (χ1n) is 9.18. The quantitative estimate of drug-likeness (QED) is 0.753. The van der Waals surface area contributed by atoms with Crippen LogP contribution in [0.5, 0.6) is 0 Å². The first-order valence-corrected chi connectivity index (χ1v) is 10.6. The average molecular weight is 399 g/mol. The van der Waals surface area contributed by atoms with Crippen LogP contribution < -0.4 is 0 Å². The highest BCUT2D eigenvalue weighted by Gasteiger charge is 2.37. The summed E-state index contributed by atoms with van der Waals surface area (Å²) in [7, 11) is -3.57. The molecule has 2 aliphatic rings. The molecule has 1 aromatic rings. The standard InChI is InChI=1S/C18H26FN3O4S/c1-14-12-22(13-15(2)26-14)27(24,25)21-8-6-20(7-9-21)18(23)11-16-4-3-5-17(19)10-16/h3-5,10,14-15H,6-9,11-13H2,1-2H3. The van der Waals surface area contributed by atoms with E-state index in [2.05, 4.69) is 0 Å². The van der Waals surface area contributed by atoms with E-state index in [1.807, 2.05) is 13.8 Å². The molecule has 0 N–H and O–H groups in total. The first-order chi connectivity index (χ1) is 12.8. The summed E-state index contributed by atoms with van der Waals surface area (Å²) < 4.78 is 47.5. The number of hydrogen-bond acceptors (Lipinski definition) is 4. The number of benzene rings is 1. The Balaban J connectivity index is 1.57. The van der Waals surface area contributed by atoms with E-state index in [4.69, 9.17) is 4.74 Å². The second kappa shape index (κ2) is 8.22. The summed E-state index contributed by atoms with van der Waals surface area (Å²) >= 11 is 0. The molecule has 0 spiro atoms. The molecule has 2 saturated heterocycles. The Bertz CT molecular complexity index is 771. The van der Waals surface area contributed by atoms with E-state index in [0.29, 0.717) is 31.7 Å². The van der Waals surface area contributed by atoms with Gasteiger partial charge >= 0.3 is 0 Å². The van der Waals surface area contributed by atoms with E-state index in [0.717, 1.165) is 0 Å². The van der Waals surface area contributed by atoms with Gasteiger partial charge in [-0.25, -0.2) is 4.39 Å². The lowest BCUT2D eigenvalue weighted by molar-refractivity contribution is -0.131. The molecule has 2 atom stereocenters. The van der Waals surface area contributed by atoms with Crippen molar-refractivity contribution in [3.63, 3.8) is 0 Å². The van der Waals surface area contributed by atoms with Crippen molar-refractivity contribution in [1.29, 1.82) is 0 Å². The van der Waals surface area contributed by atoms with Crippen LogP contribution in [0, 0.1) is 5.82 Å². The van der Waals surface area contributed by atoms with Gasteiger partial charge in [-0.1, -0.05) is 12.1 Å². The monoisotopic (exact) mass is 399 g/mol. The number of carbonyl (C=O) groups excluding carboxylic acids is 1. The van der Waals surface area contributed by atoms with Crippen molar-refractivity contribution in [3.8, 4) is 0 Å². The molecule has 3 rings (SSSR count). The van der Waals surface area contributed by atoms with Crippen molar-refractivity contribution in [2.24, 2.45) is 0 Å². The fourth-order valence-corrected chi connectivity index (χ4v) is 5.33. The molecule has 1 aromatic carbocycles. The Morgan fingerprint density at radius 1 is 1.11 bits per heavy atom. The number of nitrogens with zero attached hydrogens (tertiary/aromatic N) is 3. The molecule has 2 heterocycles. The molecule has 0 saturated carbocycles. The molecule has 0 bridgehead atoms. The topological polar surface area (TPSA) is 70.2 Å². The summed E-state index contributed by atoms with van der Waals surface area (Å²) in [6.07, 6.45) is -0.168. The summed E-state index contributed by atoms with van der Waals surface area (Å²) in [5.74, 6) is -0.489. The number of morpholine rings is 1. The van der Waals surface area contributed by atoms with Gasteiger partial charge in [0, 0.05) is 39.3 Å². The number of halogens is 1. The molecular weight excluding hydrogens is 373 g/mol. The fraction of sp³-hybridized carbons (Fsp3) is 0.611. The van der Waals surface area contributed by atoms with Crippen LogP contribution in [-0.4, -0.2) is 79.3 Å².